The van der Waals surface area contributed by atoms with Crippen LogP contribution in [0.3, 0.4) is 0 Å². The van der Waals surface area contributed by atoms with Gasteiger partial charge in [-0.25, -0.2) is 8.42 Å². The van der Waals surface area contributed by atoms with Gasteiger partial charge < -0.3 is 15.8 Å². The molecule has 0 aliphatic carbocycles. The van der Waals surface area contributed by atoms with Crippen LogP contribution in [0.2, 0.25) is 0 Å². The highest BCUT2D eigenvalue weighted by atomic mass is 32.2. The van der Waals surface area contributed by atoms with Crippen LogP contribution >= 0.6 is 0 Å². The van der Waals surface area contributed by atoms with E-state index in [9.17, 15) is 18.0 Å². The lowest BCUT2D eigenvalue weighted by atomic mass is 10.1. The summed E-state index contributed by atoms with van der Waals surface area (Å²) in [5.41, 5.74) is 6.57. The van der Waals surface area contributed by atoms with Gasteiger partial charge in [-0.1, -0.05) is 12.1 Å². The van der Waals surface area contributed by atoms with Gasteiger partial charge in [0.25, 0.3) is 0 Å². The van der Waals surface area contributed by atoms with Crippen molar-refractivity contribution in [2.45, 2.75) is 26.4 Å². The highest BCUT2D eigenvalue weighted by Gasteiger charge is 2.17. The van der Waals surface area contributed by atoms with E-state index >= 15 is 0 Å². The number of nitrogens with two attached hydrogens (primary N) is 1. The van der Waals surface area contributed by atoms with E-state index in [2.05, 4.69) is 10.0 Å². The van der Waals surface area contributed by atoms with E-state index in [-0.39, 0.29) is 12.5 Å². The number of primary amides is 1. The first-order valence-electron chi connectivity index (χ1n) is 8.57. The number of hydrogen-bond acceptors (Lipinski definition) is 5. The number of anilines is 2. The average molecular weight is 405 g/mol. The predicted octanol–water partition coefficient (Wildman–Crippen LogP) is 1.88. The molecule has 0 fully saturated rings. The SMILES string of the molecule is CC(C)Oc1ccc(NS(=O)(=O)CC(=O)Nc2ccc(CC(N)=O)cc2)cc1. The fraction of sp³-hybridized carbons (Fsp3) is 0.263. The maximum Gasteiger partial charge on any atom is 0.241 e. The van der Waals surface area contributed by atoms with Crippen molar-refractivity contribution in [3.8, 4) is 5.75 Å². The molecule has 0 radical (unpaired) electrons. The third-order valence-corrected chi connectivity index (χ3v) is 4.63. The minimum atomic E-state index is -3.88. The largest absolute Gasteiger partial charge is 0.491 e. The molecule has 2 amide bonds. The highest BCUT2D eigenvalue weighted by Crippen LogP contribution is 2.18. The number of carbonyl (C=O) groups is 2. The molecular formula is C19H23N3O5S. The monoisotopic (exact) mass is 405 g/mol. The Morgan fingerprint density at radius 3 is 2.11 bits per heavy atom. The molecule has 150 valence electrons. The predicted molar refractivity (Wildman–Crippen MR) is 108 cm³/mol. The van der Waals surface area contributed by atoms with Crippen molar-refractivity contribution in [2.75, 3.05) is 15.8 Å². The molecule has 0 aliphatic heterocycles. The second-order valence-electron chi connectivity index (χ2n) is 6.44. The molecule has 0 unspecified atom stereocenters. The van der Waals surface area contributed by atoms with E-state index in [4.69, 9.17) is 10.5 Å². The Morgan fingerprint density at radius 2 is 1.57 bits per heavy atom. The molecule has 8 nitrogen and oxygen atoms in total. The first-order chi connectivity index (χ1) is 13.1. The van der Waals surface area contributed by atoms with Crippen LogP contribution < -0.4 is 20.5 Å². The van der Waals surface area contributed by atoms with E-state index < -0.39 is 27.6 Å². The van der Waals surface area contributed by atoms with Gasteiger partial charge in [-0.3, -0.25) is 14.3 Å². The summed E-state index contributed by atoms with van der Waals surface area (Å²) >= 11 is 0. The summed E-state index contributed by atoms with van der Waals surface area (Å²) in [7, 11) is -3.88. The normalized spacial score (nSPS) is 11.1. The van der Waals surface area contributed by atoms with E-state index in [0.29, 0.717) is 22.7 Å². The summed E-state index contributed by atoms with van der Waals surface area (Å²) in [6.07, 6.45) is 0.101. The number of carbonyl (C=O) groups excluding carboxylic acids is 2. The van der Waals surface area contributed by atoms with Crippen molar-refractivity contribution in [3.05, 3.63) is 54.1 Å². The van der Waals surface area contributed by atoms with Crippen LogP contribution in [0.1, 0.15) is 19.4 Å². The Labute approximate surface area is 164 Å². The average Bonchev–Trinajstić information content (AvgIpc) is 2.56. The van der Waals surface area contributed by atoms with E-state index in [1.807, 2.05) is 13.8 Å². The summed E-state index contributed by atoms with van der Waals surface area (Å²) in [5.74, 6) is -1.26. The Balaban J connectivity index is 1.92. The van der Waals surface area contributed by atoms with Crippen LogP contribution in [0.5, 0.6) is 5.75 Å². The van der Waals surface area contributed by atoms with E-state index in [1.54, 1.807) is 48.5 Å². The smallest absolute Gasteiger partial charge is 0.241 e. The maximum atomic E-state index is 12.2. The summed E-state index contributed by atoms with van der Waals surface area (Å²) in [6, 6.07) is 12.8. The zero-order chi connectivity index (χ0) is 20.7. The minimum Gasteiger partial charge on any atom is -0.491 e. The number of nitrogens with one attached hydrogen (secondary N) is 2. The molecule has 2 aromatic carbocycles. The Hall–Kier alpha value is -3.07. The quantitative estimate of drug-likeness (QED) is 0.587. The van der Waals surface area contributed by atoms with E-state index in [0.717, 1.165) is 0 Å². The maximum absolute atomic E-state index is 12.2. The van der Waals surface area contributed by atoms with Crippen molar-refractivity contribution >= 4 is 33.2 Å². The second-order valence-corrected chi connectivity index (χ2v) is 8.16. The number of benzene rings is 2. The van der Waals surface area contributed by atoms with Crippen molar-refractivity contribution < 1.29 is 22.7 Å². The molecule has 0 aromatic heterocycles. The van der Waals surface area contributed by atoms with Crippen LogP contribution in [0, 0.1) is 0 Å². The van der Waals surface area contributed by atoms with Gasteiger partial charge in [0, 0.05) is 11.4 Å². The summed E-state index contributed by atoms with van der Waals surface area (Å²) < 4.78 is 32.2. The molecule has 0 bridgehead atoms. The second kappa shape index (κ2) is 9.23. The molecule has 9 heteroatoms. The number of amides is 2. The molecule has 0 aliphatic rings. The minimum absolute atomic E-state index is 0.0103. The van der Waals surface area contributed by atoms with Gasteiger partial charge in [-0.15, -0.1) is 0 Å². The van der Waals surface area contributed by atoms with Crippen molar-refractivity contribution in [1.29, 1.82) is 0 Å². The Morgan fingerprint density at radius 1 is 1.00 bits per heavy atom. The van der Waals surface area contributed by atoms with Gasteiger partial charge in [-0.2, -0.15) is 0 Å². The van der Waals surface area contributed by atoms with Gasteiger partial charge in [0.15, 0.2) is 0 Å². The number of hydrogen-bond donors (Lipinski definition) is 3. The van der Waals surface area contributed by atoms with Crippen LogP contribution in [0.25, 0.3) is 0 Å². The Bertz CT molecular complexity index is 923. The topological polar surface area (TPSA) is 128 Å². The molecule has 2 rings (SSSR count). The van der Waals surface area contributed by atoms with Crippen molar-refractivity contribution in [3.63, 3.8) is 0 Å². The lowest BCUT2D eigenvalue weighted by molar-refractivity contribution is -0.117. The zero-order valence-corrected chi connectivity index (χ0v) is 16.5. The Kier molecular flexibility index (Phi) is 7.00. The third kappa shape index (κ3) is 7.28. The van der Waals surface area contributed by atoms with Crippen molar-refractivity contribution in [1.82, 2.24) is 0 Å². The first-order valence-corrected chi connectivity index (χ1v) is 10.2. The van der Waals surface area contributed by atoms with Crippen LogP contribution in [0.15, 0.2) is 48.5 Å². The van der Waals surface area contributed by atoms with Gasteiger partial charge in [0.1, 0.15) is 11.5 Å². The molecule has 0 atom stereocenters. The van der Waals surface area contributed by atoms with Crippen LogP contribution in [-0.2, 0) is 26.0 Å². The fourth-order valence-corrected chi connectivity index (χ4v) is 3.35. The van der Waals surface area contributed by atoms with Crippen LogP contribution in [-0.4, -0.2) is 32.1 Å². The van der Waals surface area contributed by atoms with Gasteiger partial charge >= 0.3 is 0 Å². The van der Waals surface area contributed by atoms with Crippen LogP contribution in [0.4, 0.5) is 11.4 Å². The molecule has 0 saturated heterocycles. The van der Waals surface area contributed by atoms with Gasteiger partial charge in [0.05, 0.1) is 12.5 Å². The van der Waals surface area contributed by atoms with Gasteiger partial charge in [-0.05, 0) is 55.8 Å². The molecule has 0 saturated carbocycles. The highest BCUT2D eigenvalue weighted by molar-refractivity contribution is 7.93. The molecule has 0 spiro atoms. The molecule has 0 heterocycles. The van der Waals surface area contributed by atoms with E-state index in [1.165, 1.54) is 0 Å². The lowest BCUT2D eigenvalue weighted by Crippen LogP contribution is -2.27. The zero-order valence-electron chi connectivity index (χ0n) is 15.6. The summed E-state index contributed by atoms with van der Waals surface area (Å²) in [5, 5.41) is 2.50. The number of sulfonamides is 1. The molecule has 2 aromatic rings. The lowest BCUT2D eigenvalue weighted by Gasteiger charge is -2.11. The third-order valence-electron chi connectivity index (χ3n) is 3.44. The molecular weight excluding hydrogens is 382 g/mol. The first kappa shape index (κ1) is 21.2. The standard InChI is InChI=1S/C19H23N3O5S/c1-13(2)27-17-9-7-16(8-10-17)22-28(25,26)12-19(24)21-15-5-3-14(4-6-15)11-18(20)23/h3-10,13,22H,11-12H2,1-2H3,(H2,20,23)(H,21,24). The van der Waals surface area contributed by atoms with Gasteiger partial charge in [0.2, 0.25) is 21.8 Å². The summed E-state index contributed by atoms with van der Waals surface area (Å²) in [6.45, 7) is 3.78. The summed E-state index contributed by atoms with van der Waals surface area (Å²) in [4.78, 5) is 22.9. The number of rotatable bonds is 9. The number of ether oxygens (including phenoxy) is 1. The van der Waals surface area contributed by atoms with Crippen molar-refractivity contribution in [2.24, 2.45) is 5.73 Å². The molecule has 4 N–H and O–H groups in total. The molecule has 28 heavy (non-hydrogen) atoms. The fourth-order valence-electron chi connectivity index (χ4n) is 2.37.